The Hall–Kier alpha value is -3.48. The third-order valence-corrected chi connectivity index (χ3v) is 5.93. The number of hydrogen-bond acceptors (Lipinski definition) is 6. The van der Waals surface area contributed by atoms with Gasteiger partial charge in [-0.1, -0.05) is 32.4 Å². The minimum Gasteiger partial charge on any atom is -0.507 e. The average Bonchev–Trinajstić information content (AvgIpc) is 3.10. The number of rotatable bonds is 10. The van der Waals surface area contributed by atoms with Crippen molar-refractivity contribution in [3.05, 3.63) is 58.7 Å². The number of likely N-dealkylation sites (tertiary alicyclic amines) is 1. The van der Waals surface area contributed by atoms with Crippen LogP contribution in [0, 0.1) is 6.92 Å². The Morgan fingerprint density at radius 3 is 2.41 bits per heavy atom. The summed E-state index contributed by atoms with van der Waals surface area (Å²) >= 11 is 0. The predicted octanol–water partition coefficient (Wildman–Crippen LogP) is 5.02. The zero-order valence-electron chi connectivity index (χ0n) is 20.5. The van der Waals surface area contributed by atoms with Crippen LogP contribution in [-0.4, -0.2) is 49.1 Å². The van der Waals surface area contributed by atoms with E-state index in [2.05, 4.69) is 0 Å². The fourth-order valence-corrected chi connectivity index (χ4v) is 4.22. The maximum atomic E-state index is 13.2. The van der Waals surface area contributed by atoms with Crippen molar-refractivity contribution in [2.45, 2.75) is 46.1 Å². The predicted molar refractivity (Wildman–Crippen MR) is 130 cm³/mol. The topological polar surface area (TPSA) is 85.3 Å². The van der Waals surface area contributed by atoms with E-state index in [4.69, 9.17) is 14.2 Å². The number of aryl methyl sites for hydroxylation is 1. The molecule has 1 unspecified atom stereocenters. The highest BCUT2D eigenvalue weighted by Crippen LogP contribution is 2.45. The zero-order valence-corrected chi connectivity index (χ0v) is 20.5. The summed E-state index contributed by atoms with van der Waals surface area (Å²) < 4.78 is 16.8. The van der Waals surface area contributed by atoms with E-state index in [1.165, 1.54) is 19.1 Å². The first kappa shape index (κ1) is 25.1. The second kappa shape index (κ2) is 11.1. The van der Waals surface area contributed by atoms with E-state index in [0.717, 1.165) is 24.8 Å². The number of carbonyl (C=O) groups is 2. The number of carbonyl (C=O) groups excluding carboxylic acids is 2. The second-order valence-corrected chi connectivity index (χ2v) is 8.26. The van der Waals surface area contributed by atoms with E-state index in [9.17, 15) is 14.7 Å². The molecule has 1 aliphatic heterocycles. The monoisotopic (exact) mass is 467 g/mol. The summed E-state index contributed by atoms with van der Waals surface area (Å²) in [7, 11) is 3.04. The molecule has 3 rings (SSSR count). The van der Waals surface area contributed by atoms with Gasteiger partial charge in [0.25, 0.3) is 11.7 Å². The number of amides is 1. The van der Waals surface area contributed by atoms with Crippen molar-refractivity contribution in [2.75, 3.05) is 27.4 Å². The van der Waals surface area contributed by atoms with E-state index < -0.39 is 17.7 Å². The third-order valence-electron chi connectivity index (χ3n) is 5.93. The molecule has 1 aliphatic rings. The van der Waals surface area contributed by atoms with Crippen molar-refractivity contribution in [3.8, 4) is 17.2 Å². The zero-order chi connectivity index (χ0) is 24.8. The van der Waals surface area contributed by atoms with E-state index >= 15 is 0 Å². The number of methoxy groups -OCH3 is 2. The molecule has 0 spiro atoms. The Morgan fingerprint density at radius 2 is 1.79 bits per heavy atom. The van der Waals surface area contributed by atoms with Gasteiger partial charge in [-0.15, -0.1) is 0 Å². The van der Waals surface area contributed by atoms with E-state index in [1.54, 1.807) is 36.4 Å². The number of aliphatic hydroxyl groups is 1. The van der Waals surface area contributed by atoms with Gasteiger partial charge in [-0.3, -0.25) is 9.59 Å². The first-order chi connectivity index (χ1) is 16.4. The number of aliphatic hydroxyl groups excluding tert-OH is 1. The van der Waals surface area contributed by atoms with Crippen molar-refractivity contribution in [1.82, 2.24) is 4.90 Å². The van der Waals surface area contributed by atoms with Crippen LogP contribution in [0.1, 0.15) is 55.8 Å². The molecular formula is C27H33NO6. The largest absolute Gasteiger partial charge is 0.507 e. The summed E-state index contributed by atoms with van der Waals surface area (Å²) in [6.45, 7) is 6.89. The molecule has 1 atom stereocenters. The van der Waals surface area contributed by atoms with Gasteiger partial charge in [0.05, 0.1) is 32.4 Å². The first-order valence-corrected chi connectivity index (χ1v) is 11.6. The quantitative estimate of drug-likeness (QED) is 0.300. The maximum Gasteiger partial charge on any atom is 0.295 e. The highest BCUT2D eigenvalue weighted by molar-refractivity contribution is 6.46. The van der Waals surface area contributed by atoms with Crippen LogP contribution in [0.4, 0.5) is 0 Å². The third kappa shape index (κ3) is 4.74. The molecule has 1 fully saturated rings. The van der Waals surface area contributed by atoms with Gasteiger partial charge in [-0.25, -0.2) is 0 Å². The lowest BCUT2D eigenvalue weighted by Gasteiger charge is -2.27. The Kier molecular flexibility index (Phi) is 8.21. The summed E-state index contributed by atoms with van der Waals surface area (Å²) in [5.41, 5.74) is 1.89. The number of para-hydroxylation sites is 1. The number of nitrogens with zero attached hydrogens (tertiary/aromatic N) is 1. The van der Waals surface area contributed by atoms with Crippen LogP contribution in [-0.2, 0) is 9.59 Å². The van der Waals surface area contributed by atoms with Crippen LogP contribution < -0.4 is 14.2 Å². The second-order valence-electron chi connectivity index (χ2n) is 8.26. The first-order valence-electron chi connectivity index (χ1n) is 11.6. The molecule has 1 heterocycles. The van der Waals surface area contributed by atoms with Crippen molar-refractivity contribution < 1.29 is 28.9 Å². The number of benzene rings is 2. The molecule has 7 nitrogen and oxygen atoms in total. The fraction of sp³-hybridized carbons (Fsp3) is 0.407. The summed E-state index contributed by atoms with van der Waals surface area (Å²) in [6.07, 6.45) is 2.45. The van der Waals surface area contributed by atoms with Gasteiger partial charge in [-0.2, -0.15) is 0 Å². The standard InChI is InChI=1S/C27H33NO6/c1-6-8-14-28-23(19-10-9-11-21(32-4)26(19)33-5)22(25(30)27(28)31)24(29)18-12-13-20(17(3)16-18)34-15-7-2/h9-13,16,23,29H,6-8,14-15H2,1-5H3/b24-22+. The molecule has 0 aliphatic carbocycles. The SMILES string of the molecule is CCCCN1C(=O)C(=O)/C(=C(/O)c2ccc(OCCC)c(C)c2)C1c1cccc(OC)c1OC. The minimum atomic E-state index is -0.798. The van der Waals surface area contributed by atoms with Crippen molar-refractivity contribution in [1.29, 1.82) is 0 Å². The highest BCUT2D eigenvalue weighted by atomic mass is 16.5. The Labute approximate surface area is 200 Å². The van der Waals surface area contributed by atoms with Gasteiger partial charge < -0.3 is 24.2 Å². The Bertz CT molecular complexity index is 1090. The van der Waals surface area contributed by atoms with Crippen molar-refractivity contribution in [3.63, 3.8) is 0 Å². The smallest absolute Gasteiger partial charge is 0.295 e. The van der Waals surface area contributed by atoms with Crippen molar-refractivity contribution in [2.24, 2.45) is 0 Å². The number of hydrogen-bond donors (Lipinski definition) is 1. The van der Waals surface area contributed by atoms with Gasteiger partial charge in [0, 0.05) is 17.7 Å². The van der Waals surface area contributed by atoms with Crippen LogP contribution >= 0.6 is 0 Å². The minimum absolute atomic E-state index is 0.0364. The maximum absolute atomic E-state index is 13.2. The lowest BCUT2D eigenvalue weighted by molar-refractivity contribution is -0.139. The van der Waals surface area contributed by atoms with Crippen LogP contribution in [0.2, 0.25) is 0 Å². The van der Waals surface area contributed by atoms with Gasteiger partial charge >= 0.3 is 0 Å². The van der Waals surface area contributed by atoms with Crippen LogP contribution in [0.25, 0.3) is 5.76 Å². The normalized spacial score (nSPS) is 17.2. The molecule has 7 heteroatoms. The molecule has 1 N–H and O–H groups in total. The molecule has 1 saturated heterocycles. The van der Waals surface area contributed by atoms with E-state index in [-0.39, 0.29) is 11.3 Å². The molecular weight excluding hydrogens is 434 g/mol. The lowest BCUT2D eigenvalue weighted by Crippen LogP contribution is -2.30. The van der Waals surface area contributed by atoms with Crippen LogP contribution in [0.15, 0.2) is 42.0 Å². The van der Waals surface area contributed by atoms with Gasteiger partial charge in [-0.05, 0) is 49.6 Å². The summed E-state index contributed by atoms with van der Waals surface area (Å²) in [6, 6.07) is 9.75. The van der Waals surface area contributed by atoms with Gasteiger partial charge in [0.2, 0.25) is 0 Å². The van der Waals surface area contributed by atoms with Crippen molar-refractivity contribution >= 4 is 17.4 Å². The van der Waals surface area contributed by atoms with Crippen LogP contribution in [0.5, 0.6) is 17.2 Å². The van der Waals surface area contributed by atoms with E-state index in [0.29, 0.717) is 41.5 Å². The number of unbranched alkanes of at least 4 members (excludes halogenated alkanes) is 1. The fourth-order valence-electron chi connectivity index (χ4n) is 4.22. The summed E-state index contributed by atoms with van der Waals surface area (Å²) in [5, 5.41) is 11.3. The summed E-state index contributed by atoms with van der Waals surface area (Å²) in [5.74, 6) is 0.0419. The number of Topliss-reactive ketones (excluding diaryl/α,β-unsaturated/α-hetero) is 1. The molecule has 0 radical (unpaired) electrons. The van der Waals surface area contributed by atoms with E-state index in [1.807, 2.05) is 20.8 Å². The molecule has 0 bridgehead atoms. The number of ether oxygens (including phenoxy) is 3. The number of ketones is 1. The highest BCUT2D eigenvalue weighted by Gasteiger charge is 2.47. The summed E-state index contributed by atoms with van der Waals surface area (Å²) in [4.78, 5) is 27.8. The molecule has 0 saturated carbocycles. The van der Waals surface area contributed by atoms with Crippen LogP contribution in [0.3, 0.4) is 0 Å². The molecule has 2 aromatic rings. The molecule has 0 aromatic heterocycles. The Morgan fingerprint density at radius 1 is 1.03 bits per heavy atom. The lowest BCUT2D eigenvalue weighted by atomic mass is 9.93. The molecule has 1 amide bonds. The molecule has 182 valence electrons. The Balaban J connectivity index is 2.19. The van der Waals surface area contributed by atoms with Gasteiger partial charge in [0.15, 0.2) is 11.5 Å². The van der Waals surface area contributed by atoms with Gasteiger partial charge in [0.1, 0.15) is 11.5 Å². The molecule has 34 heavy (non-hydrogen) atoms. The average molecular weight is 468 g/mol. The molecule has 2 aromatic carbocycles.